The minimum Gasteiger partial charge on any atom is -0.411 e. The van der Waals surface area contributed by atoms with E-state index in [4.69, 9.17) is 4.42 Å². The molecule has 1 N–H and O–H groups in total. The molecule has 0 bridgehead atoms. The van der Waals surface area contributed by atoms with E-state index >= 15 is 0 Å². The van der Waals surface area contributed by atoms with Gasteiger partial charge in [0.15, 0.2) is 0 Å². The first-order chi connectivity index (χ1) is 16.4. The maximum atomic E-state index is 13.3. The van der Waals surface area contributed by atoms with Crippen molar-refractivity contribution in [2.24, 2.45) is 0 Å². The number of benzene rings is 2. The fourth-order valence-electron chi connectivity index (χ4n) is 3.37. The lowest BCUT2D eigenvalue weighted by molar-refractivity contribution is -0.113. The van der Waals surface area contributed by atoms with Gasteiger partial charge in [-0.15, -0.1) is 10.2 Å². The molecule has 0 fully saturated rings. The monoisotopic (exact) mass is 479 g/mol. The highest BCUT2D eigenvalue weighted by atomic mass is 32.2. The van der Waals surface area contributed by atoms with Crippen LogP contribution in [0, 0.1) is 36.8 Å². The van der Waals surface area contributed by atoms with Crippen molar-refractivity contribution < 1.29 is 18.0 Å². The van der Waals surface area contributed by atoms with Gasteiger partial charge >= 0.3 is 0 Å². The Balaban J connectivity index is 1.47. The lowest BCUT2D eigenvalue weighted by Gasteiger charge is -2.13. The smallest absolute Gasteiger partial charge is 0.277 e. The van der Waals surface area contributed by atoms with Gasteiger partial charge in [-0.1, -0.05) is 23.9 Å². The number of carbonyl (C=O) groups is 1. The molecule has 0 saturated heterocycles. The Bertz CT molecular complexity index is 1370. The molecule has 10 heteroatoms. The minimum atomic E-state index is -0.374. The van der Waals surface area contributed by atoms with Gasteiger partial charge in [-0.3, -0.25) is 4.79 Å². The largest absolute Gasteiger partial charge is 0.411 e. The van der Waals surface area contributed by atoms with Gasteiger partial charge in [0.25, 0.3) is 5.22 Å². The number of halogens is 2. The SMILES string of the molecule is Cc1c(C#N)c(NC(=O)CSc2nnc(-c3ccc(F)cc3)o2)n(Cc2ccc(F)cc2)c1C. The van der Waals surface area contributed by atoms with Crippen molar-refractivity contribution in [2.45, 2.75) is 25.6 Å². The average Bonchev–Trinajstić information content (AvgIpc) is 3.38. The summed E-state index contributed by atoms with van der Waals surface area (Å²) in [5, 5.41) is 20.5. The van der Waals surface area contributed by atoms with Crippen LogP contribution < -0.4 is 5.32 Å². The average molecular weight is 480 g/mol. The van der Waals surface area contributed by atoms with Crippen molar-refractivity contribution in [3.05, 3.63) is 82.5 Å². The van der Waals surface area contributed by atoms with Gasteiger partial charge in [-0.25, -0.2) is 8.78 Å². The van der Waals surface area contributed by atoms with E-state index in [2.05, 4.69) is 21.6 Å². The third-order valence-electron chi connectivity index (χ3n) is 5.28. The molecule has 1 amide bonds. The summed E-state index contributed by atoms with van der Waals surface area (Å²) in [5.74, 6) is -0.507. The Morgan fingerprint density at radius 2 is 1.74 bits per heavy atom. The van der Waals surface area contributed by atoms with E-state index in [1.54, 1.807) is 12.1 Å². The van der Waals surface area contributed by atoms with Crippen LogP contribution in [0.3, 0.4) is 0 Å². The molecule has 7 nitrogen and oxygen atoms in total. The van der Waals surface area contributed by atoms with Crippen LogP contribution in [0.25, 0.3) is 11.5 Å². The molecule has 34 heavy (non-hydrogen) atoms. The van der Waals surface area contributed by atoms with Gasteiger partial charge in [-0.2, -0.15) is 5.26 Å². The Hall–Kier alpha value is -3.97. The number of carbonyl (C=O) groups excluding carboxylic acids is 1. The van der Waals surface area contributed by atoms with Crippen molar-refractivity contribution in [1.29, 1.82) is 5.26 Å². The molecule has 172 valence electrons. The van der Waals surface area contributed by atoms with E-state index in [9.17, 15) is 18.8 Å². The highest BCUT2D eigenvalue weighted by Gasteiger charge is 2.20. The van der Waals surface area contributed by atoms with E-state index in [0.29, 0.717) is 23.5 Å². The zero-order valence-electron chi connectivity index (χ0n) is 18.3. The van der Waals surface area contributed by atoms with Crippen LogP contribution in [-0.2, 0) is 11.3 Å². The Kier molecular flexibility index (Phi) is 6.75. The first kappa shape index (κ1) is 23.2. The topological polar surface area (TPSA) is 96.7 Å². The molecule has 0 atom stereocenters. The van der Waals surface area contributed by atoms with E-state index in [0.717, 1.165) is 28.6 Å². The van der Waals surface area contributed by atoms with Crippen molar-refractivity contribution in [1.82, 2.24) is 14.8 Å². The summed E-state index contributed by atoms with van der Waals surface area (Å²) in [6.45, 7) is 4.04. The molecular formula is C24H19F2N5O2S. The third-order valence-corrected chi connectivity index (χ3v) is 6.10. The highest BCUT2D eigenvalue weighted by molar-refractivity contribution is 7.99. The van der Waals surface area contributed by atoms with E-state index in [-0.39, 0.29) is 34.4 Å². The maximum absolute atomic E-state index is 13.3. The number of hydrogen-bond acceptors (Lipinski definition) is 6. The standard InChI is InChI=1S/C24H19F2N5O2S/c1-14-15(2)31(12-16-3-7-18(25)8-4-16)22(20(14)11-27)28-21(32)13-34-24-30-29-23(33-24)17-5-9-19(26)10-6-17/h3-10H,12-13H2,1-2H3,(H,28,32). The summed E-state index contributed by atoms with van der Waals surface area (Å²) < 4.78 is 33.7. The van der Waals surface area contributed by atoms with Crippen LogP contribution in [0.2, 0.25) is 0 Å². The van der Waals surface area contributed by atoms with Gasteiger partial charge < -0.3 is 14.3 Å². The maximum Gasteiger partial charge on any atom is 0.277 e. The Morgan fingerprint density at radius 3 is 2.38 bits per heavy atom. The summed E-state index contributed by atoms with van der Waals surface area (Å²) in [6, 6.07) is 13.8. The summed E-state index contributed by atoms with van der Waals surface area (Å²) in [4.78, 5) is 12.7. The molecule has 2 heterocycles. The van der Waals surface area contributed by atoms with Gasteiger partial charge in [-0.05, 0) is 61.4 Å². The predicted octanol–water partition coefficient (Wildman–Crippen LogP) is 5.08. The van der Waals surface area contributed by atoms with E-state index in [1.165, 1.54) is 36.4 Å². The summed E-state index contributed by atoms with van der Waals surface area (Å²) >= 11 is 1.04. The molecule has 2 aromatic heterocycles. The number of nitrogens with zero attached hydrogens (tertiary/aromatic N) is 4. The first-order valence-electron chi connectivity index (χ1n) is 10.2. The van der Waals surface area contributed by atoms with Crippen molar-refractivity contribution in [3.8, 4) is 17.5 Å². The molecule has 4 aromatic rings. The number of nitrogens with one attached hydrogen (secondary N) is 1. The number of thioether (sulfide) groups is 1. The molecule has 0 unspecified atom stereocenters. The molecule has 0 aliphatic heterocycles. The molecule has 0 aliphatic carbocycles. The van der Waals surface area contributed by atoms with Crippen LogP contribution in [0.1, 0.15) is 22.4 Å². The number of nitriles is 1. The second-order valence-corrected chi connectivity index (χ2v) is 8.40. The lowest BCUT2D eigenvalue weighted by atomic mass is 10.2. The highest BCUT2D eigenvalue weighted by Crippen LogP contribution is 2.28. The number of amides is 1. The van der Waals surface area contributed by atoms with Crippen LogP contribution >= 0.6 is 11.8 Å². The van der Waals surface area contributed by atoms with Gasteiger partial charge in [0.2, 0.25) is 11.8 Å². The number of aromatic nitrogens is 3. The van der Waals surface area contributed by atoms with Gasteiger partial charge in [0, 0.05) is 17.8 Å². The Labute approximate surface area is 198 Å². The molecule has 0 saturated carbocycles. The molecule has 2 aromatic carbocycles. The van der Waals surface area contributed by atoms with Crippen molar-refractivity contribution in [3.63, 3.8) is 0 Å². The van der Waals surface area contributed by atoms with Crippen LogP contribution in [0.4, 0.5) is 14.6 Å². The molecule has 0 spiro atoms. The molecule has 0 aliphatic rings. The van der Waals surface area contributed by atoms with E-state index in [1.807, 2.05) is 18.4 Å². The van der Waals surface area contributed by atoms with Crippen LogP contribution in [-0.4, -0.2) is 26.4 Å². The molecule has 0 radical (unpaired) electrons. The fourth-order valence-corrected chi connectivity index (χ4v) is 3.94. The quantitative estimate of drug-likeness (QED) is 0.371. The summed E-state index contributed by atoms with van der Waals surface area (Å²) in [5.41, 5.74) is 3.34. The van der Waals surface area contributed by atoms with Crippen molar-refractivity contribution in [2.75, 3.05) is 11.1 Å². The first-order valence-corrected chi connectivity index (χ1v) is 11.2. The van der Waals surface area contributed by atoms with Crippen LogP contribution in [0.5, 0.6) is 0 Å². The minimum absolute atomic E-state index is 0.0320. The number of anilines is 1. The zero-order valence-corrected chi connectivity index (χ0v) is 19.1. The fraction of sp³-hybridized carbons (Fsp3) is 0.167. The van der Waals surface area contributed by atoms with Gasteiger partial charge in [0.1, 0.15) is 23.5 Å². The normalized spacial score (nSPS) is 10.8. The second-order valence-electron chi connectivity index (χ2n) is 7.48. The third kappa shape index (κ3) is 5.00. The second kappa shape index (κ2) is 9.89. The number of rotatable bonds is 7. The zero-order chi connectivity index (χ0) is 24.2. The van der Waals surface area contributed by atoms with Crippen LogP contribution in [0.15, 0.2) is 58.2 Å². The van der Waals surface area contributed by atoms with Crippen molar-refractivity contribution >= 4 is 23.5 Å². The Morgan fingerprint density at radius 1 is 1.09 bits per heavy atom. The van der Waals surface area contributed by atoms with Gasteiger partial charge in [0.05, 0.1) is 11.3 Å². The molecule has 4 rings (SSSR count). The number of hydrogen-bond donors (Lipinski definition) is 1. The van der Waals surface area contributed by atoms with E-state index < -0.39 is 0 Å². The lowest BCUT2D eigenvalue weighted by Crippen LogP contribution is -2.18. The predicted molar refractivity (Wildman–Crippen MR) is 123 cm³/mol. The molecular weight excluding hydrogens is 460 g/mol. The summed E-state index contributed by atoms with van der Waals surface area (Å²) in [7, 11) is 0. The summed E-state index contributed by atoms with van der Waals surface area (Å²) in [6.07, 6.45) is 0.